The maximum absolute atomic E-state index is 12.3. The highest BCUT2D eigenvalue weighted by molar-refractivity contribution is 7.10. The number of aromatic amines is 1. The summed E-state index contributed by atoms with van der Waals surface area (Å²) >= 11 is 1.45. The molecule has 0 radical (unpaired) electrons. The molecule has 0 aliphatic carbocycles. The van der Waals surface area contributed by atoms with E-state index < -0.39 is 11.9 Å². The SMILES string of the molecule is CCOC(=O)c1c(C)[nH]c(C(=O)COC(=O)Cc2cccs2)c1C. The Hall–Kier alpha value is -2.41. The summed E-state index contributed by atoms with van der Waals surface area (Å²) in [7, 11) is 0. The monoisotopic (exact) mass is 349 g/mol. The smallest absolute Gasteiger partial charge is 0.340 e. The normalized spacial score (nSPS) is 10.5. The van der Waals surface area contributed by atoms with Crippen LogP contribution in [0.3, 0.4) is 0 Å². The van der Waals surface area contributed by atoms with Crippen molar-refractivity contribution in [3.05, 3.63) is 44.9 Å². The maximum atomic E-state index is 12.3. The average Bonchev–Trinajstić information content (AvgIpc) is 3.13. The van der Waals surface area contributed by atoms with Gasteiger partial charge < -0.3 is 14.5 Å². The van der Waals surface area contributed by atoms with E-state index in [1.54, 1.807) is 20.8 Å². The van der Waals surface area contributed by atoms with Crippen molar-refractivity contribution in [1.82, 2.24) is 4.98 Å². The van der Waals surface area contributed by atoms with Gasteiger partial charge in [-0.2, -0.15) is 0 Å². The largest absolute Gasteiger partial charge is 0.462 e. The lowest BCUT2D eigenvalue weighted by atomic mass is 10.1. The number of nitrogens with one attached hydrogen (secondary N) is 1. The fraction of sp³-hybridized carbons (Fsp3) is 0.353. The molecule has 1 N–H and O–H groups in total. The van der Waals surface area contributed by atoms with Gasteiger partial charge in [-0.3, -0.25) is 9.59 Å². The van der Waals surface area contributed by atoms with Gasteiger partial charge in [0.2, 0.25) is 5.78 Å². The third-order valence-electron chi connectivity index (χ3n) is 3.46. The van der Waals surface area contributed by atoms with Gasteiger partial charge in [0.25, 0.3) is 0 Å². The first-order chi connectivity index (χ1) is 11.4. The molecule has 2 rings (SSSR count). The number of hydrogen-bond acceptors (Lipinski definition) is 6. The van der Waals surface area contributed by atoms with Crippen LogP contribution in [0, 0.1) is 13.8 Å². The van der Waals surface area contributed by atoms with Gasteiger partial charge in [-0.15, -0.1) is 11.3 Å². The molecule has 2 heterocycles. The minimum Gasteiger partial charge on any atom is -0.462 e. The number of rotatable bonds is 7. The predicted octanol–water partition coefficient (Wildman–Crippen LogP) is 2.84. The highest BCUT2D eigenvalue weighted by atomic mass is 32.1. The lowest BCUT2D eigenvalue weighted by Crippen LogP contribution is -2.16. The summed E-state index contributed by atoms with van der Waals surface area (Å²) in [6, 6.07) is 3.68. The standard InChI is InChI=1S/C17H19NO5S/c1-4-22-17(21)15-10(2)16(18-11(15)3)13(19)9-23-14(20)8-12-6-5-7-24-12/h5-7,18H,4,8-9H2,1-3H3. The zero-order valence-electron chi connectivity index (χ0n) is 13.8. The molecule has 0 aliphatic rings. The Kier molecular flexibility index (Phi) is 5.92. The Bertz CT molecular complexity index is 745. The number of thiophene rings is 1. The number of H-pyrrole nitrogens is 1. The van der Waals surface area contributed by atoms with Gasteiger partial charge in [-0.05, 0) is 37.8 Å². The summed E-state index contributed by atoms with van der Waals surface area (Å²) in [6.45, 7) is 4.96. The molecule has 0 unspecified atom stereocenters. The minimum absolute atomic E-state index is 0.141. The topological polar surface area (TPSA) is 85.5 Å². The first-order valence-corrected chi connectivity index (χ1v) is 8.39. The van der Waals surface area contributed by atoms with Crippen LogP contribution in [-0.2, 0) is 20.7 Å². The van der Waals surface area contributed by atoms with Crippen LogP contribution in [0.5, 0.6) is 0 Å². The van der Waals surface area contributed by atoms with Gasteiger partial charge in [-0.25, -0.2) is 4.79 Å². The molecular weight excluding hydrogens is 330 g/mol. The first kappa shape index (κ1) is 17.9. The van der Waals surface area contributed by atoms with E-state index in [4.69, 9.17) is 9.47 Å². The maximum Gasteiger partial charge on any atom is 0.340 e. The molecule has 24 heavy (non-hydrogen) atoms. The Morgan fingerprint density at radius 3 is 2.58 bits per heavy atom. The van der Waals surface area contributed by atoms with Crippen LogP contribution >= 0.6 is 11.3 Å². The number of aromatic nitrogens is 1. The molecule has 0 saturated carbocycles. The van der Waals surface area contributed by atoms with Gasteiger partial charge in [-0.1, -0.05) is 6.07 Å². The Balaban J connectivity index is 2.01. The van der Waals surface area contributed by atoms with Gasteiger partial charge in [0.1, 0.15) is 0 Å². The van der Waals surface area contributed by atoms with Crippen LogP contribution in [0.1, 0.15) is 43.9 Å². The Morgan fingerprint density at radius 2 is 1.96 bits per heavy atom. The third kappa shape index (κ3) is 4.11. The van der Waals surface area contributed by atoms with Crippen molar-refractivity contribution in [3.8, 4) is 0 Å². The van der Waals surface area contributed by atoms with Crippen LogP contribution in [0.4, 0.5) is 0 Å². The lowest BCUT2D eigenvalue weighted by Gasteiger charge is -2.04. The van der Waals surface area contributed by atoms with Gasteiger partial charge in [0, 0.05) is 10.6 Å². The van der Waals surface area contributed by atoms with Gasteiger partial charge >= 0.3 is 11.9 Å². The molecule has 0 aromatic carbocycles. The highest BCUT2D eigenvalue weighted by Crippen LogP contribution is 2.19. The second kappa shape index (κ2) is 7.92. The van der Waals surface area contributed by atoms with Crippen molar-refractivity contribution < 1.29 is 23.9 Å². The summed E-state index contributed by atoms with van der Waals surface area (Å²) in [5.74, 6) is -1.32. The number of esters is 2. The fourth-order valence-corrected chi connectivity index (χ4v) is 3.05. The second-order valence-corrected chi connectivity index (χ2v) is 6.22. The number of aryl methyl sites for hydroxylation is 1. The molecule has 0 fully saturated rings. The van der Waals surface area contributed by atoms with E-state index in [1.165, 1.54) is 11.3 Å². The molecule has 2 aromatic heterocycles. The average molecular weight is 349 g/mol. The van der Waals surface area contributed by atoms with Crippen LogP contribution in [0.15, 0.2) is 17.5 Å². The molecule has 0 amide bonds. The number of ketones is 1. The molecule has 0 bridgehead atoms. The second-order valence-electron chi connectivity index (χ2n) is 5.19. The van der Waals surface area contributed by atoms with E-state index in [0.29, 0.717) is 16.8 Å². The summed E-state index contributed by atoms with van der Waals surface area (Å²) in [5, 5.41) is 1.87. The molecule has 0 aliphatic heterocycles. The number of Topliss-reactive ketones (excluding diaryl/α,β-unsaturated/α-hetero) is 1. The molecule has 0 saturated heterocycles. The number of hydrogen-bond donors (Lipinski definition) is 1. The third-order valence-corrected chi connectivity index (χ3v) is 4.34. The van der Waals surface area contributed by atoms with E-state index in [1.807, 2.05) is 17.5 Å². The molecule has 6 nitrogen and oxygen atoms in total. The van der Waals surface area contributed by atoms with E-state index >= 15 is 0 Å². The zero-order chi connectivity index (χ0) is 17.7. The fourth-order valence-electron chi connectivity index (χ4n) is 2.36. The molecule has 2 aromatic rings. The summed E-state index contributed by atoms with van der Waals surface area (Å²) in [4.78, 5) is 39.7. The van der Waals surface area contributed by atoms with Crippen LogP contribution in [0.25, 0.3) is 0 Å². The van der Waals surface area contributed by atoms with Crippen molar-refractivity contribution in [3.63, 3.8) is 0 Å². The highest BCUT2D eigenvalue weighted by Gasteiger charge is 2.23. The van der Waals surface area contributed by atoms with E-state index in [-0.39, 0.29) is 31.1 Å². The Labute approximate surface area is 143 Å². The molecule has 0 atom stereocenters. The van der Waals surface area contributed by atoms with Crippen molar-refractivity contribution in [1.29, 1.82) is 0 Å². The van der Waals surface area contributed by atoms with Crippen molar-refractivity contribution in [2.75, 3.05) is 13.2 Å². The quantitative estimate of drug-likeness (QED) is 0.614. The summed E-state index contributed by atoms with van der Waals surface area (Å²) < 4.78 is 10.0. The minimum atomic E-state index is -0.475. The lowest BCUT2D eigenvalue weighted by molar-refractivity contribution is -0.141. The molecule has 0 spiro atoms. The predicted molar refractivity (Wildman–Crippen MR) is 89.5 cm³/mol. The molecular formula is C17H19NO5S. The first-order valence-electron chi connectivity index (χ1n) is 7.51. The van der Waals surface area contributed by atoms with Gasteiger partial charge in [0.05, 0.1) is 24.3 Å². The van der Waals surface area contributed by atoms with E-state index in [9.17, 15) is 14.4 Å². The molecule has 128 valence electrons. The van der Waals surface area contributed by atoms with Crippen LogP contribution in [0.2, 0.25) is 0 Å². The number of carbonyl (C=O) groups excluding carboxylic acids is 3. The zero-order valence-corrected chi connectivity index (χ0v) is 14.6. The van der Waals surface area contributed by atoms with Crippen LogP contribution < -0.4 is 0 Å². The van der Waals surface area contributed by atoms with Gasteiger partial charge in [0.15, 0.2) is 6.61 Å². The number of carbonyl (C=O) groups is 3. The van der Waals surface area contributed by atoms with Crippen molar-refractivity contribution in [2.45, 2.75) is 27.2 Å². The van der Waals surface area contributed by atoms with Crippen molar-refractivity contribution in [2.24, 2.45) is 0 Å². The van der Waals surface area contributed by atoms with Crippen molar-refractivity contribution >= 4 is 29.1 Å². The summed E-state index contributed by atoms with van der Waals surface area (Å²) in [6.07, 6.45) is 0.141. The molecule has 7 heteroatoms. The number of ether oxygens (including phenoxy) is 2. The van der Waals surface area contributed by atoms with E-state index in [2.05, 4.69) is 4.98 Å². The summed E-state index contributed by atoms with van der Waals surface area (Å²) in [5.41, 5.74) is 1.68. The Morgan fingerprint density at radius 1 is 1.21 bits per heavy atom. The van der Waals surface area contributed by atoms with E-state index in [0.717, 1.165) is 4.88 Å². The van der Waals surface area contributed by atoms with Crippen LogP contribution in [-0.4, -0.2) is 35.9 Å².